The Morgan fingerprint density at radius 3 is 2.08 bits per heavy atom. The van der Waals surface area contributed by atoms with Crippen molar-refractivity contribution in [2.75, 3.05) is 6.54 Å². The molecule has 0 aromatic heterocycles. The summed E-state index contributed by atoms with van der Waals surface area (Å²) in [6.07, 6.45) is 0.402. The first-order valence-corrected chi connectivity index (χ1v) is 7.92. The van der Waals surface area contributed by atoms with Crippen LogP contribution in [0.4, 0.5) is 4.79 Å². The lowest BCUT2D eigenvalue weighted by molar-refractivity contribution is -0.191. The highest BCUT2D eigenvalue weighted by atomic mass is 16.4. The zero-order valence-corrected chi connectivity index (χ0v) is 14.7. The van der Waals surface area contributed by atoms with E-state index in [1.165, 1.54) is 0 Å². The molecule has 1 unspecified atom stereocenters. The molecule has 0 saturated carbocycles. The Balaban J connectivity index is 0. The van der Waals surface area contributed by atoms with Crippen molar-refractivity contribution in [3.8, 4) is 0 Å². The minimum atomic E-state index is -1.26. The van der Waals surface area contributed by atoms with Crippen LogP contribution in [0.1, 0.15) is 32.3 Å². The number of hydrogen-bond acceptors (Lipinski definition) is 5. The van der Waals surface area contributed by atoms with E-state index in [4.69, 9.17) is 19.8 Å². The van der Waals surface area contributed by atoms with Crippen molar-refractivity contribution in [2.45, 2.75) is 39.2 Å². The van der Waals surface area contributed by atoms with E-state index in [-0.39, 0.29) is 19.0 Å². The first kappa shape index (κ1) is 25.1. The third kappa shape index (κ3) is 14.4. The largest absolute Gasteiger partial charge is 0.481 e. The van der Waals surface area contributed by atoms with Crippen LogP contribution in [0.25, 0.3) is 0 Å². The van der Waals surface area contributed by atoms with E-state index >= 15 is 0 Å². The highest BCUT2D eigenvalue weighted by Crippen LogP contribution is 1.99. The summed E-state index contributed by atoms with van der Waals surface area (Å²) in [7, 11) is 0. The Morgan fingerprint density at radius 2 is 1.62 bits per heavy atom. The van der Waals surface area contributed by atoms with Crippen LogP contribution in [0.15, 0.2) is 30.3 Å². The van der Waals surface area contributed by atoms with Gasteiger partial charge in [0.1, 0.15) is 6.04 Å². The van der Waals surface area contributed by atoms with Crippen molar-refractivity contribution >= 4 is 24.1 Å². The summed E-state index contributed by atoms with van der Waals surface area (Å²) in [6, 6.07) is 7.69. The van der Waals surface area contributed by atoms with Gasteiger partial charge in [0.15, 0.2) is 0 Å². The van der Waals surface area contributed by atoms with Crippen LogP contribution in [0, 0.1) is 0 Å². The molecule has 9 heteroatoms. The molecule has 2 amide bonds. The van der Waals surface area contributed by atoms with Gasteiger partial charge < -0.3 is 20.8 Å². The van der Waals surface area contributed by atoms with Crippen LogP contribution in [-0.2, 0) is 25.6 Å². The van der Waals surface area contributed by atoms with E-state index in [2.05, 4.69) is 10.6 Å². The quantitative estimate of drug-likeness (QED) is 0.540. The van der Waals surface area contributed by atoms with Gasteiger partial charge in [0.2, 0.25) is 0 Å². The third-order valence-corrected chi connectivity index (χ3v) is 2.79. The van der Waals surface area contributed by atoms with Gasteiger partial charge in [-0.05, 0) is 18.4 Å². The van der Waals surface area contributed by atoms with E-state index in [1.54, 1.807) is 0 Å². The predicted octanol–water partition coefficient (Wildman–Crippen LogP) is 1.29. The summed E-state index contributed by atoms with van der Waals surface area (Å²) in [6.45, 7) is 4.36. The predicted molar refractivity (Wildman–Crippen MR) is 91.3 cm³/mol. The number of rotatable bonds is 8. The summed E-state index contributed by atoms with van der Waals surface area (Å²) in [5.74, 6) is -2.36. The van der Waals surface area contributed by atoms with Crippen LogP contribution < -0.4 is 10.6 Å². The van der Waals surface area contributed by atoms with Crippen LogP contribution >= 0.6 is 0 Å². The van der Waals surface area contributed by atoms with Gasteiger partial charge in [0.05, 0.1) is 0 Å². The standard InChI is InChI=1S/C14H18N2O5.C2H6.CO2/c17-12(18)7-6-11(13(19)20)16-14(21)15-9-8-10-4-2-1-3-5-10;1-2;2-1-3/h1-5,11H,6-9H2,(H,17,18)(H,19,20)(H2,15,16,21);1-2H3;. The molecule has 144 valence electrons. The zero-order chi connectivity index (χ0) is 20.4. The van der Waals surface area contributed by atoms with E-state index in [9.17, 15) is 14.4 Å². The maximum atomic E-state index is 11.6. The Hall–Kier alpha value is -3.19. The topological polar surface area (TPSA) is 150 Å². The zero-order valence-electron chi connectivity index (χ0n) is 14.7. The van der Waals surface area contributed by atoms with Crippen molar-refractivity contribution in [1.82, 2.24) is 10.6 Å². The van der Waals surface area contributed by atoms with Crippen LogP contribution in [0.2, 0.25) is 0 Å². The molecule has 0 saturated heterocycles. The number of carboxylic acids is 2. The van der Waals surface area contributed by atoms with Crippen LogP contribution in [0.5, 0.6) is 0 Å². The molecule has 1 atom stereocenters. The average molecular weight is 368 g/mol. The molecule has 0 bridgehead atoms. The second-order valence-electron chi connectivity index (χ2n) is 4.54. The molecule has 4 N–H and O–H groups in total. The molecule has 0 aliphatic heterocycles. The van der Waals surface area contributed by atoms with Crippen molar-refractivity contribution in [3.05, 3.63) is 35.9 Å². The fourth-order valence-electron chi connectivity index (χ4n) is 1.70. The molecule has 0 spiro atoms. The van der Waals surface area contributed by atoms with Crippen LogP contribution in [0.3, 0.4) is 0 Å². The summed E-state index contributed by atoms with van der Waals surface area (Å²) in [5.41, 5.74) is 1.05. The third-order valence-electron chi connectivity index (χ3n) is 2.79. The fraction of sp³-hybridized carbons (Fsp3) is 0.412. The number of carbonyl (C=O) groups is 3. The number of urea groups is 1. The first-order chi connectivity index (χ1) is 12.4. The van der Waals surface area contributed by atoms with Gasteiger partial charge in [-0.2, -0.15) is 9.59 Å². The number of amides is 2. The normalized spacial score (nSPS) is 9.77. The lowest BCUT2D eigenvalue weighted by Gasteiger charge is -2.14. The maximum absolute atomic E-state index is 11.6. The lowest BCUT2D eigenvalue weighted by Crippen LogP contribution is -2.46. The van der Waals surface area contributed by atoms with Crippen molar-refractivity contribution in [1.29, 1.82) is 0 Å². The molecular weight excluding hydrogens is 344 g/mol. The van der Waals surface area contributed by atoms with Crippen molar-refractivity contribution in [3.63, 3.8) is 0 Å². The number of carboxylic acid groups (broad SMARTS) is 2. The average Bonchev–Trinajstić information content (AvgIpc) is 2.61. The Bertz CT molecular complexity index is 570. The first-order valence-electron chi connectivity index (χ1n) is 7.92. The fourth-order valence-corrected chi connectivity index (χ4v) is 1.70. The summed E-state index contributed by atoms with van der Waals surface area (Å²) in [5, 5.41) is 22.2. The van der Waals surface area contributed by atoms with Gasteiger partial charge in [-0.1, -0.05) is 44.2 Å². The molecule has 0 heterocycles. The Morgan fingerprint density at radius 1 is 1.08 bits per heavy atom. The number of hydrogen-bond donors (Lipinski definition) is 4. The molecule has 0 radical (unpaired) electrons. The summed E-state index contributed by atoms with van der Waals surface area (Å²) in [4.78, 5) is 49.1. The van der Waals surface area contributed by atoms with E-state index in [1.807, 2.05) is 44.2 Å². The SMILES string of the molecule is CC.O=C(O)CCC(NC(=O)NCCc1ccccc1)C(=O)O.O=C=O. The second kappa shape index (κ2) is 16.7. The molecule has 0 aliphatic rings. The lowest BCUT2D eigenvalue weighted by atomic mass is 10.1. The van der Waals surface area contributed by atoms with Crippen molar-refractivity contribution < 1.29 is 34.2 Å². The number of benzene rings is 1. The summed E-state index contributed by atoms with van der Waals surface area (Å²) < 4.78 is 0. The van der Waals surface area contributed by atoms with Gasteiger partial charge >= 0.3 is 24.1 Å². The smallest absolute Gasteiger partial charge is 0.373 e. The van der Waals surface area contributed by atoms with Gasteiger partial charge in [-0.15, -0.1) is 0 Å². The monoisotopic (exact) mass is 368 g/mol. The molecule has 0 fully saturated rings. The minimum absolute atomic E-state index is 0.156. The second-order valence-corrected chi connectivity index (χ2v) is 4.54. The van der Waals surface area contributed by atoms with Crippen molar-refractivity contribution in [2.24, 2.45) is 0 Å². The van der Waals surface area contributed by atoms with Gasteiger partial charge in [-0.25, -0.2) is 9.59 Å². The molecular formula is C17H24N2O7. The Kier molecular flexibility index (Phi) is 16.1. The van der Waals surface area contributed by atoms with E-state index < -0.39 is 24.0 Å². The van der Waals surface area contributed by atoms with Gasteiger partial charge in [0.25, 0.3) is 0 Å². The number of nitrogens with one attached hydrogen (secondary N) is 2. The highest BCUT2D eigenvalue weighted by molar-refractivity contribution is 5.82. The van der Waals surface area contributed by atoms with Crippen LogP contribution in [-0.4, -0.2) is 46.9 Å². The van der Waals surface area contributed by atoms with Gasteiger partial charge in [-0.3, -0.25) is 4.79 Å². The molecule has 9 nitrogen and oxygen atoms in total. The number of carbonyl (C=O) groups excluding carboxylic acids is 3. The summed E-state index contributed by atoms with van der Waals surface area (Å²) >= 11 is 0. The number of aliphatic carboxylic acids is 2. The van der Waals surface area contributed by atoms with Gasteiger partial charge in [0, 0.05) is 13.0 Å². The molecule has 1 aromatic rings. The molecule has 0 aliphatic carbocycles. The molecule has 1 aromatic carbocycles. The maximum Gasteiger partial charge on any atom is 0.373 e. The highest BCUT2D eigenvalue weighted by Gasteiger charge is 2.20. The molecule has 1 rings (SSSR count). The molecule has 26 heavy (non-hydrogen) atoms. The van der Waals surface area contributed by atoms with E-state index in [0.29, 0.717) is 13.0 Å². The van der Waals surface area contributed by atoms with E-state index in [0.717, 1.165) is 5.56 Å². The Labute approximate surface area is 151 Å². The minimum Gasteiger partial charge on any atom is -0.481 e.